The van der Waals surface area contributed by atoms with Crippen molar-refractivity contribution in [2.45, 2.75) is 18.9 Å². The molecular weight excluding hydrogens is 306 g/mol. The van der Waals surface area contributed by atoms with E-state index in [4.69, 9.17) is 14.2 Å². The number of fused-ring (bicyclic) bond motifs is 1. The molecule has 4 rings (SSSR count). The summed E-state index contributed by atoms with van der Waals surface area (Å²) >= 11 is 0. The van der Waals surface area contributed by atoms with Gasteiger partial charge in [0, 0.05) is 32.2 Å². The van der Waals surface area contributed by atoms with Crippen molar-refractivity contribution in [1.29, 1.82) is 0 Å². The van der Waals surface area contributed by atoms with E-state index in [2.05, 4.69) is 15.2 Å². The van der Waals surface area contributed by atoms with Crippen LogP contribution in [0.3, 0.4) is 0 Å². The Balaban J connectivity index is 1.32. The number of para-hydroxylation sites is 2. The highest BCUT2D eigenvalue weighted by Crippen LogP contribution is 2.38. The summed E-state index contributed by atoms with van der Waals surface area (Å²) in [4.78, 5) is 6.79. The minimum absolute atomic E-state index is 0.0111. The van der Waals surface area contributed by atoms with E-state index in [-0.39, 0.29) is 6.10 Å². The van der Waals surface area contributed by atoms with Gasteiger partial charge in [-0.2, -0.15) is 0 Å². The summed E-state index contributed by atoms with van der Waals surface area (Å²) in [6.45, 7) is 5.08. The van der Waals surface area contributed by atoms with Crippen molar-refractivity contribution in [3.63, 3.8) is 0 Å². The van der Waals surface area contributed by atoms with Crippen LogP contribution in [0.15, 0.2) is 29.3 Å². The Labute approximate surface area is 142 Å². The third kappa shape index (κ3) is 3.02. The predicted octanol–water partition coefficient (Wildman–Crippen LogP) is 1.51. The Morgan fingerprint density at radius 3 is 3.00 bits per heavy atom. The van der Waals surface area contributed by atoms with Gasteiger partial charge in [-0.1, -0.05) is 12.1 Å². The zero-order valence-electron chi connectivity index (χ0n) is 14.2. The fourth-order valence-electron chi connectivity index (χ4n) is 3.79. The largest absolute Gasteiger partial charge is 0.486 e. The van der Waals surface area contributed by atoms with Gasteiger partial charge in [-0.15, -0.1) is 0 Å². The Kier molecular flexibility index (Phi) is 4.22. The minimum Gasteiger partial charge on any atom is -0.486 e. The number of likely N-dealkylation sites (tertiary alicyclic amines) is 1. The molecule has 0 bridgehead atoms. The van der Waals surface area contributed by atoms with Crippen LogP contribution in [0.4, 0.5) is 0 Å². The lowest BCUT2D eigenvalue weighted by Gasteiger charge is -2.29. The quantitative estimate of drug-likeness (QED) is 0.658. The third-order valence-corrected chi connectivity index (χ3v) is 5.19. The van der Waals surface area contributed by atoms with Gasteiger partial charge in [0.2, 0.25) is 0 Å². The van der Waals surface area contributed by atoms with Crippen molar-refractivity contribution in [3.05, 3.63) is 24.3 Å². The van der Waals surface area contributed by atoms with Crippen molar-refractivity contribution < 1.29 is 14.2 Å². The monoisotopic (exact) mass is 331 g/mol. The Morgan fingerprint density at radius 2 is 2.21 bits per heavy atom. The molecule has 2 unspecified atom stereocenters. The highest BCUT2D eigenvalue weighted by molar-refractivity contribution is 5.80. The number of hydrogen-bond acceptors (Lipinski definition) is 4. The number of rotatable bonds is 2. The molecule has 24 heavy (non-hydrogen) atoms. The fraction of sp³-hybridized carbons (Fsp3) is 0.611. The molecule has 0 aliphatic carbocycles. The van der Waals surface area contributed by atoms with Crippen molar-refractivity contribution >= 4 is 5.96 Å². The molecule has 0 radical (unpaired) electrons. The van der Waals surface area contributed by atoms with E-state index >= 15 is 0 Å². The van der Waals surface area contributed by atoms with Crippen LogP contribution in [0.5, 0.6) is 11.5 Å². The molecule has 1 spiro atoms. The maximum Gasteiger partial charge on any atom is 0.193 e. The molecule has 0 amide bonds. The van der Waals surface area contributed by atoms with Crippen LogP contribution in [0.25, 0.3) is 0 Å². The van der Waals surface area contributed by atoms with Crippen LogP contribution in [0.1, 0.15) is 12.8 Å². The standard InChI is InChI=1S/C18H25N3O3/c1-19-17(21-8-6-18(12-21)7-9-22-13-18)20-10-14-11-23-15-4-2-3-5-16(15)24-14/h2-5,14H,6-13H2,1H3,(H,19,20). The maximum absolute atomic E-state index is 6.00. The van der Waals surface area contributed by atoms with E-state index in [0.717, 1.165) is 50.2 Å². The molecule has 6 nitrogen and oxygen atoms in total. The summed E-state index contributed by atoms with van der Waals surface area (Å²) in [5.41, 5.74) is 0.334. The molecule has 2 atom stereocenters. The third-order valence-electron chi connectivity index (χ3n) is 5.19. The van der Waals surface area contributed by atoms with Crippen LogP contribution in [0.2, 0.25) is 0 Å². The SMILES string of the molecule is CN=C(NCC1COc2ccccc2O1)N1CCC2(CCOC2)C1. The fourth-order valence-corrected chi connectivity index (χ4v) is 3.79. The summed E-state index contributed by atoms with van der Waals surface area (Å²) in [6.07, 6.45) is 2.34. The second-order valence-electron chi connectivity index (χ2n) is 6.90. The number of nitrogens with zero attached hydrogens (tertiary/aromatic N) is 2. The van der Waals surface area contributed by atoms with E-state index in [1.165, 1.54) is 6.42 Å². The molecule has 130 valence electrons. The van der Waals surface area contributed by atoms with E-state index in [9.17, 15) is 0 Å². The summed E-state index contributed by atoms with van der Waals surface area (Å²) in [6, 6.07) is 7.80. The molecule has 3 heterocycles. The lowest BCUT2D eigenvalue weighted by atomic mass is 9.87. The first-order valence-corrected chi connectivity index (χ1v) is 8.70. The summed E-state index contributed by atoms with van der Waals surface area (Å²) in [5.74, 6) is 2.58. The van der Waals surface area contributed by atoms with Crippen LogP contribution in [-0.4, -0.2) is 63.5 Å². The van der Waals surface area contributed by atoms with Crippen molar-refractivity contribution in [1.82, 2.24) is 10.2 Å². The van der Waals surface area contributed by atoms with Gasteiger partial charge in [-0.3, -0.25) is 4.99 Å². The molecule has 6 heteroatoms. The molecule has 2 saturated heterocycles. The van der Waals surface area contributed by atoms with E-state index < -0.39 is 0 Å². The van der Waals surface area contributed by atoms with Gasteiger partial charge < -0.3 is 24.4 Å². The molecule has 2 fully saturated rings. The number of nitrogens with one attached hydrogen (secondary N) is 1. The van der Waals surface area contributed by atoms with Crippen LogP contribution >= 0.6 is 0 Å². The van der Waals surface area contributed by atoms with Gasteiger partial charge in [0.1, 0.15) is 12.7 Å². The first kappa shape index (κ1) is 15.6. The predicted molar refractivity (Wildman–Crippen MR) is 91.8 cm³/mol. The van der Waals surface area contributed by atoms with Crippen molar-refractivity contribution in [2.24, 2.45) is 10.4 Å². The number of ether oxygens (including phenoxy) is 3. The van der Waals surface area contributed by atoms with Crippen LogP contribution in [0, 0.1) is 5.41 Å². The van der Waals surface area contributed by atoms with Gasteiger partial charge in [0.25, 0.3) is 0 Å². The van der Waals surface area contributed by atoms with Gasteiger partial charge in [-0.25, -0.2) is 0 Å². The minimum atomic E-state index is -0.0111. The molecule has 3 aliphatic heterocycles. The van der Waals surface area contributed by atoms with Gasteiger partial charge in [-0.05, 0) is 25.0 Å². The van der Waals surface area contributed by atoms with Crippen LogP contribution in [-0.2, 0) is 4.74 Å². The molecule has 0 saturated carbocycles. The average molecular weight is 331 g/mol. The number of aliphatic imine (C=N–C) groups is 1. The number of benzene rings is 1. The average Bonchev–Trinajstić information content (AvgIpc) is 3.26. The van der Waals surface area contributed by atoms with Crippen LogP contribution < -0.4 is 14.8 Å². The number of hydrogen-bond donors (Lipinski definition) is 1. The van der Waals surface area contributed by atoms with Crippen molar-refractivity contribution in [2.75, 3.05) is 46.5 Å². The lowest BCUT2D eigenvalue weighted by Crippen LogP contribution is -2.47. The molecule has 0 aromatic heterocycles. The Hall–Kier alpha value is -1.95. The summed E-state index contributed by atoms with van der Waals surface area (Å²) < 4.78 is 17.4. The van der Waals surface area contributed by atoms with Crippen molar-refractivity contribution in [3.8, 4) is 11.5 Å². The first-order chi connectivity index (χ1) is 11.8. The zero-order chi connectivity index (χ0) is 16.4. The molecule has 1 aromatic carbocycles. The Morgan fingerprint density at radius 1 is 1.33 bits per heavy atom. The van der Waals surface area contributed by atoms with E-state index in [1.807, 2.05) is 31.3 Å². The molecule has 3 aliphatic rings. The number of guanidine groups is 1. The smallest absolute Gasteiger partial charge is 0.193 e. The van der Waals surface area contributed by atoms with E-state index in [1.54, 1.807) is 0 Å². The van der Waals surface area contributed by atoms with E-state index in [0.29, 0.717) is 18.6 Å². The second-order valence-corrected chi connectivity index (χ2v) is 6.90. The molecular formula is C18H25N3O3. The maximum atomic E-state index is 6.00. The zero-order valence-corrected chi connectivity index (χ0v) is 14.2. The Bertz CT molecular complexity index is 613. The first-order valence-electron chi connectivity index (χ1n) is 8.70. The summed E-state index contributed by atoms with van der Waals surface area (Å²) in [5, 5.41) is 3.45. The van der Waals surface area contributed by atoms with Gasteiger partial charge in [0.15, 0.2) is 17.5 Å². The highest BCUT2D eigenvalue weighted by Gasteiger charge is 2.42. The topological polar surface area (TPSA) is 55.3 Å². The summed E-state index contributed by atoms with van der Waals surface area (Å²) in [7, 11) is 1.84. The second kappa shape index (κ2) is 6.51. The lowest BCUT2D eigenvalue weighted by molar-refractivity contribution is 0.0931. The molecule has 1 N–H and O–H groups in total. The highest BCUT2D eigenvalue weighted by atomic mass is 16.6. The van der Waals surface area contributed by atoms with Gasteiger partial charge in [0.05, 0.1) is 13.2 Å². The van der Waals surface area contributed by atoms with Gasteiger partial charge >= 0.3 is 0 Å². The molecule has 1 aromatic rings. The normalized spacial score (nSPS) is 29.3.